The Hall–Kier alpha value is -2.72. The van der Waals surface area contributed by atoms with Gasteiger partial charge in [0.15, 0.2) is 0 Å². The van der Waals surface area contributed by atoms with Crippen LogP contribution in [0.2, 0.25) is 0 Å². The van der Waals surface area contributed by atoms with Crippen LogP contribution in [0.3, 0.4) is 0 Å². The van der Waals surface area contributed by atoms with E-state index in [4.69, 9.17) is 0 Å². The van der Waals surface area contributed by atoms with Crippen molar-refractivity contribution in [2.24, 2.45) is 0 Å². The molecule has 0 saturated heterocycles. The van der Waals surface area contributed by atoms with Crippen LogP contribution >= 0.6 is 0 Å². The molecule has 6 nitrogen and oxygen atoms in total. The molecule has 2 aromatic heterocycles. The Kier molecular flexibility index (Phi) is 4.14. The molecule has 1 aromatic carbocycles. The topological polar surface area (TPSA) is 79.0 Å². The summed E-state index contributed by atoms with van der Waals surface area (Å²) in [5.41, 5.74) is 3.99. The molecule has 3 aromatic rings. The summed E-state index contributed by atoms with van der Waals surface area (Å²) >= 11 is 0. The molecule has 4 heterocycles. The first-order chi connectivity index (χ1) is 15.2. The molecule has 0 amide bonds. The van der Waals surface area contributed by atoms with Crippen molar-refractivity contribution in [3.63, 3.8) is 0 Å². The van der Waals surface area contributed by atoms with Gasteiger partial charge in [-0.1, -0.05) is 18.2 Å². The number of sulfonamides is 1. The monoisotopic (exact) mass is 460 g/mol. The van der Waals surface area contributed by atoms with Crippen LogP contribution in [-0.2, 0) is 29.0 Å². The van der Waals surface area contributed by atoms with Crippen molar-refractivity contribution in [1.82, 2.24) is 19.5 Å². The van der Waals surface area contributed by atoms with Crippen molar-refractivity contribution in [3.05, 3.63) is 76.4 Å². The summed E-state index contributed by atoms with van der Waals surface area (Å²) < 4.78 is 67.7. The summed E-state index contributed by atoms with van der Waals surface area (Å²) in [5, 5.41) is 7.18. The standard InChI is InChI=1S/C22H19F3N4O2S/c23-22(24,25)21-7-6-13(10-26-21)32(30,31)29-19-8-16-14(12-4-5-12)2-1-3-15(16)20(29)9-18-17(19)11-27-28-18/h1-3,6-7,10-12,19-20H,4-5,8-9H2,(H,27,28)/t19?,20-/m0/s1. The van der Waals surface area contributed by atoms with E-state index in [9.17, 15) is 21.6 Å². The second-order valence-corrected chi connectivity index (χ2v) is 10.5. The van der Waals surface area contributed by atoms with E-state index < -0.39 is 34.0 Å². The molecule has 3 aliphatic rings. The molecule has 10 heteroatoms. The zero-order chi connectivity index (χ0) is 22.3. The Morgan fingerprint density at radius 3 is 2.44 bits per heavy atom. The molecule has 0 radical (unpaired) electrons. The second-order valence-electron chi connectivity index (χ2n) is 8.63. The molecular formula is C22H19F3N4O2S. The third-order valence-electron chi connectivity index (χ3n) is 6.74. The number of rotatable bonds is 3. The number of aromatic nitrogens is 3. The maximum absolute atomic E-state index is 13.7. The van der Waals surface area contributed by atoms with E-state index >= 15 is 0 Å². The highest BCUT2D eigenvalue weighted by Crippen LogP contribution is 2.52. The smallest absolute Gasteiger partial charge is 0.285 e. The van der Waals surface area contributed by atoms with E-state index in [0.717, 1.165) is 48.0 Å². The Morgan fingerprint density at radius 2 is 1.75 bits per heavy atom. The van der Waals surface area contributed by atoms with Gasteiger partial charge in [-0.25, -0.2) is 8.42 Å². The van der Waals surface area contributed by atoms with E-state index in [0.29, 0.717) is 18.8 Å². The molecule has 1 N–H and O–H groups in total. The number of aromatic amines is 1. The lowest BCUT2D eigenvalue weighted by Crippen LogP contribution is -2.46. The predicted molar refractivity (Wildman–Crippen MR) is 108 cm³/mol. The van der Waals surface area contributed by atoms with Gasteiger partial charge in [-0.2, -0.15) is 22.6 Å². The lowest BCUT2D eigenvalue weighted by Gasteiger charge is -2.45. The van der Waals surface area contributed by atoms with Crippen LogP contribution in [0, 0.1) is 0 Å². The maximum atomic E-state index is 13.7. The van der Waals surface area contributed by atoms with Gasteiger partial charge < -0.3 is 0 Å². The fourth-order valence-electron chi connectivity index (χ4n) is 5.15. The largest absolute Gasteiger partial charge is 0.433 e. The number of nitrogens with one attached hydrogen (secondary N) is 1. The second kappa shape index (κ2) is 6.64. The highest BCUT2D eigenvalue weighted by molar-refractivity contribution is 7.89. The first-order valence-electron chi connectivity index (χ1n) is 10.5. The van der Waals surface area contributed by atoms with E-state index in [1.54, 1.807) is 6.20 Å². The third-order valence-corrected chi connectivity index (χ3v) is 8.64. The molecule has 0 spiro atoms. The van der Waals surface area contributed by atoms with Gasteiger partial charge in [0.1, 0.15) is 10.6 Å². The van der Waals surface area contributed by atoms with E-state index in [1.807, 2.05) is 12.1 Å². The van der Waals surface area contributed by atoms with Gasteiger partial charge in [-0.15, -0.1) is 0 Å². The van der Waals surface area contributed by atoms with Crippen LogP contribution in [0.25, 0.3) is 0 Å². The molecule has 2 aliphatic heterocycles. The first kappa shape index (κ1) is 19.9. The Balaban J connectivity index is 1.48. The minimum Gasteiger partial charge on any atom is -0.285 e. The summed E-state index contributed by atoms with van der Waals surface area (Å²) in [6.45, 7) is 0. The molecule has 1 aliphatic carbocycles. The summed E-state index contributed by atoms with van der Waals surface area (Å²) in [7, 11) is -4.10. The Labute approximate surface area is 182 Å². The molecule has 32 heavy (non-hydrogen) atoms. The molecule has 166 valence electrons. The van der Waals surface area contributed by atoms with Crippen LogP contribution in [0.5, 0.6) is 0 Å². The average Bonchev–Trinajstić information content (AvgIpc) is 3.50. The van der Waals surface area contributed by atoms with E-state index in [1.165, 1.54) is 15.4 Å². The van der Waals surface area contributed by atoms with Crippen molar-refractivity contribution in [1.29, 1.82) is 0 Å². The highest BCUT2D eigenvalue weighted by atomic mass is 32.2. The fourth-order valence-corrected chi connectivity index (χ4v) is 6.87. The van der Waals surface area contributed by atoms with Crippen molar-refractivity contribution in [2.45, 2.75) is 54.8 Å². The SMILES string of the molecule is O=S(=O)(c1ccc(C(F)(F)F)nc1)N1C2Cc3c(C4CC4)cccc3[C@@H]1Cc1n[nH]cc12. The van der Waals surface area contributed by atoms with Crippen LogP contribution in [0.4, 0.5) is 13.2 Å². The molecule has 1 unspecified atom stereocenters. The molecule has 2 atom stereocenters. The van der Waals surface area contributed by atoms with Crippen molar-refractivity contribution in [3.8, 4) is 0 Å². The minimum atomic E-state index is -4.63. The fraction of sp³-hybridized carbons (Fsp3) is 0.364. The van der Waals surface area contributed by atoms with Gasteiger partial charge in [-0.3, -0.25) is 10.1 Å². The number of hydrogen-bond donors (Lipinski definition) is 1. The van der Waals surface area contributed by atoms with Crippen LogP contribution in [0.15, 0.2) is 47.6 Å². The lowest BCUT2D eigenvalue weighted by atomic mass is 9.78. The predicted octanol–water partition coefficient (Wildman–Crippen LogP) is 4.29. The molecular weight excluding hydrogens is 441 g/mol. The van der Waals surface area contributed by atoms with Crippen molar-refractivity contribution >= 4 is 10.0 Å². The number of benzene rings is 1. The highest BCUT2D eigenvalue weighted by Gasteiger charge is 2.49. The summed E-state index contributed by atoms with van der Waals surface area (Å²) in [6.07, 6.45) is 1.11. The third kappa shape index (κ3) is 2.92. The zero-order valence-corrected chi connectivity index (χ0v) is 17.6. The molecule has 2 bridgehead atoms. The Bertz CT molecular complexity index is 1310. The Morgan fingerprint density at radius 1 is 1.00 bits per heavy atom. The summed E-state index contributed by atoms with van der Waals surface area (Å²) in [6, 6.07) is 6.84. The van der Waals surface area contributed by atoms with Crippen molar-refractivity contribution in [2.75, 3.05) is 0 Å². The first-order valence-corrected chi connectivity index (χ1v) is 11.9. The number of alkyl halides is 3. The van der Waals surface area contributed by atoms with Gasteiger partial charge in [0.05, 0.1) is 17.8 Å². The lowest BCUT2D eigenvalue weighted by molar-refractivity contribution is -0.141. The van der Waals surface area contributed by atoms with Crippen molar-refractivity contribution < 1.29 is 21.6 Å². The number of halogens is 3. The zero-order valence-electron chi connectivity index (χ0n) is 16.8. The van der Waals surface area contributed by atoms with E-state index in [2.05, 4.69) is 21.2 Å². The van der Waals surface area contributed by atoms with E-state index in [-0.39, 0.29) is 4.90 Å². The normalized spacial score (nSPS) is 23.0. The minimum absolute atomic E-state index is 0.241. The van der Waals surface area contributed by atoms with Gasteiger partial charge in [-0.05, 0) is 54.0 Å². The number of fused-ring (bicyclic) bond motifs is 6. The van der Waals surface area contributed by atoms with Crippen LogP contribution < -0.4 is 0 Å². The number of H-pyrrole nitrogens is 1. The van der Waals surface area contributed by atoms with Crippen LogP contribution in [0.1, 0.15) is 64.5 Å². The quantitative estimate of drug-likeness (QED) is 0.633. The van der Waals surface area contributed by atoms with Gasteiger partial charge >= 0.3 is 6.18 Å². The molecule has 1 saturated carbocycles. The average molecular weight is 460 g/mol. The maximum Gasteiger partial charge on any atom is 0.433 e. The molecule has 1 fully saturated rings. The summed E-state index contributed by atoms with van der Waals surface area (Å²) in [4.78, 5) is 3.14. The van der Waals surface area contributed by atoms with Gasteiger partial charge in [0.2, 0.25) is 10.0 Å². The summed E-state index contributed by atoms with van der Waals surface area (Å²) in [5.74, 6) is 0.525. The van der Waals surface area contributed by atoms with Gasteiger partial charge in [0.25, 0.3) is 0 Å². The number of nitrogens with zero attached hydrogens (tertiary/aromatic N) is 3. The van der Waals surface area contributed by atoms with Crippen LogP contribution in [-0.4, -0.2) is 27.9 Å². The number of pyridine rings is 1. The molecule has 6 rings (SSSR count). The number of hydrogen-bond acceptors (Lipinski definition) is 4. The van der Waals surface area contributed by atoms with Gasteiger partial charge in [0, 0.05) is 24.4 Å².